The van der Waals surface area contributed by atoms with Crippen LogP contribution in [-0.4, -0.2) is 44.8 Å². The maximum absolute atomic E-state index is 12.2. The Bertz CT molecular complexity index is 588. The van der Waals surface area contributed by atoms with Crippen molar-refractivity contribution in [2.45, 2.75) is 63.1 Å². The summed E-state index contributed by atoms with van der Waals surface area (Å²) in [5, 5.41) is 9.78. The largest absolute Gasteiger partial charge is 0.391 e. The maximum Gasteiger partial charge on any atom is 0.253 e. The quantitative estimate of drug-likeness (QED) is 0.912. The van der Waals surface area contributed by atoms with E-state index in [9.17, 15) is 9.90 Å². The summed E-state index contributed by atoms with van der Waals surface area (Å²) in [6, 6.07) is 2.13. The van der Waals surface area contributed by atoms with E-state index in [1.54, 1.807) is 17.0 Å². The highest BCUT2D eigenvalue weighted by atomic mass is 16.3. The van der Waals surface area contributed by atoms with Crippen molar-refractivity contribution in [3.05, 3.63) is 28.4 Å². The van der Waals surface area contributed by atoms with Gasteiger partial charge in [-0.05, 0) is 57.5 Å². The van der Waals surface area contributed by atoms with Gasteiger partial charge in [0.15, 0.2) is 0 Å². The molecule has 2 atom stereocenters. The third-order valence-corrected chi connectivity index (χ3v) is 5.67. The molecule has 2 unspecified atom stereocenters. The summed E-state index contributed by atoms with van der Waals surface area (Å²) in [7, 11) is 0. The summed E-state index contributed by atoms with van der Waals surface area (Å²) >= 11 is 0. The van der Waals surface area contributed by atoms with Crippen LogP contribution in [0.25, 0.3) is 0 Å². The minimum atomic E-state index is -0.113. The fourth-order valence-corrected chi connectivity index (χ4v) is 3.82. The van der Waals surface area contributed by atoms with Crippen molar-refractivity contribution in [3.63, 3.8) is 0 Å². The molecular weight excluding hydrogens is 278 g/mol. The Morgan fingerprint density at radius 3 is 2.45 bits per heavy atom. The van der Waals surface area contributed by atoms with Crippen LogP contribution in [0.3, 0.4) is 0 Å². The number of hydrogen-bond acceptors (Lipinski definition) is 4. The highest BCUT2D eigenvalue weighted by molar-refractivity contribution is 5.12. The molecule has 120 valence electrons. The van der Waals surface area contributed by atoms with Gasteiger partial charge in [-0.1, -0.05) is 0 Å². The lowest BCUT2D eigenvalue weighted by atomic mass is 9.85. The van der Waals surface area contributed by atoms with E-state index in [-0.39, 0.29) is 11.7 Å². The third kappa shape index (κ3) is 2.84. The minimum absolute atomic E-state index is 0.105. The molecule has 0 bridgehead atoms. The zero-order valence-electron chi connectivity index (χ0n) is 13.0. The standard InChI is InChI=1S/C17H25N3O2/c21-16-4-3-15(16)19-7-5-12(6-8-19)10-20-11-18-14(9-17(20)22)13-1-2-13/h9,11-13,15-16,21H,1-8,10H2. The molecule has 4 rings (SSSR count). The topological polar surface area (TPSA) is 58.4 Å². The first kappa shape index (κ1) is 14.4. The van der Waals surface area contributed by atoms with Gasteiger partial charge in [-0.2, -0.15) is 0 Å². The van der Waals surface area contributed by atoms with Gasteiger partial charge in [-0.15, -0.1) is 0 Å². The Morgan fingerprint density at radius 1 is 1.14 bits per heavy atom. The van der Waals surface area contributed by atoms with Crippen molar-refractivity contribution in [3.8, 4) is 0 Å². The first-order valence-electron chi connectivity index (χ1n) is 8.69. The molecule has 2 heterocycles. The first-order valence-corrected chi connectivity index (χ1v) is 8.69. The number of aromatic nitrogens is 2. The summed E-state index contributed by atoms with van der Waals surface area (Å²) in [5.74, 6) is 1.10. The van der Waals surface area contributed by atoms with Crippen LogP contribution in [0.2, 0.25) is 0 Å². The monoisotopic (exact) mass is 303 g/mol. The van der Waals surface area contributed by atoms with Gasteiger partial charge >= 0.3 is 0 Å². The molecule has 1 saturated heterocycles. The van der Waals surface area contributed by atoms with Crippen molar-refractivity contribution >= 4 is 0 Å². The molecule has 0 aromatic carbocycles. The van der Waals surface area contributed by atoms with Gasteiger partial charge < -0.3 is 5.11 Å². The number of aliphatic hydroxyl groups excluding tert-OH is 1. The Labute approximate surface area is 131 Å². The molecule has 1 aliphatic heterocycles. The average Bonchev–Trinajstić information content (AvgIpc) is 3.34. The number of rotatable bonds is 4. The zero-order valence-corrected chi connectivity index (χ0v) is 13.0. The van der Waals surface area contributed by atoms with Crippen molar-refractivity contribution in [1.29, 1.82) is 0 Å². The molecular formula is C17H25N3O2. The number of piperidine rings is 1. The highest BCUT2D eigenvalue weighted by Crippen LogP contribution is 2.38. The van der Waals surface area contributed by atoms with E-state index in [1.165, 1.54) is 12.8 Å². The Hall–Kier alpha value is -1.20. The molecule has 22 heavy (non-hydrogen) atoms. The fourth-order valence-electron chi connectivity index (χ4n) is 3.82. The number of hydrogen-bond donors (Lipinski definition) is 1. The summed E-state index contributed by atoms with van der Waals surface area (Å²) in [5.41, 5.74) is 1.09. The molecule has 3 aliphatic rings. The van der Waals surface area contributed by atoms with Crippen LogP contribution in [0.1, 0.15) is 50.1 Å². The number of likely N-dealkylation sites (tertiary alicyclic amines) is 1. The third-order valence-electron chi connectivity index (χ3n) is 5.67. The molecule has 0 spiro atoms. The summed E-state index contributed by atoms with van der Waals surface area (Å²) in [6.45, 7) is 2.89. The summed E-state index contributed by atoms with van der Waals surface area (Å²) < 4.78 is 1.78. The van der Waals surface area contributed by atoms with Crippen LogP contribution in [0, 0.1) is 5.92 Å². The zero-order chi connectivity index (χ0) is 15.1. The van der Waals surface area contributed by atoms with Crippen LogP contribution >= 0.6 is 0 Å². The minimum Gasteiger partial charge on any atom is -0.391 e. The normalized spacial score (nSPS) is 30.2. The average molecular weight is 303 g/mol. The molecule has 5 nitrogen and oxygen atoms in total. The first-order chi connectivity index (χ1) is 10.7. The lowest BCUT2D eigenvalue weighted by Gasteiger charge is -2.44. The lowest BCUT2D eigenvalue weighted by Crippen LogP contribution is -2.53. The van der Waals surface area contributed by atoms with E-state index in [0.29, 0.717) is 17.9 Å². The van der Waals surface area contributed by atoms with E-state index in [4.69, 9.17) is 0 Å². The summed E-state index contributed by atoms with van der Waals surface area (Å²) in [4.78, 5) is 19.1. The van der Waals surface area contributed by atoms with Crippen LogP contribution < -0.4 is 5.56 Å². The van der Waals surface area contributed by atoms with Gasteiger partial charge in [-0.25, -0.2) is 4.98 Å². The van der Waals surface area contributed by atoms with Gasteiger partial charge in [0.1, 0.15) is 0 Å². The Kier molecular flexibility index (Phi) is 3.78. The second-order valence-corrected chi connectivity index (χ2v) is 7.27. The Morgan fingerprint density at radius 2 is 1.91 bits per heavy atom. The van der Waals surface area contributed by atoms with Gasteiger partial charge in [0.05, 0.1) is 18.1 Å². The van der Waals surface area contributed by atoms with Crippen molar-refractivity contribution in [2.24, 2.45) is 5.92 Å². The van der Waals surface area contributed by atoms with Crippen molar-refractivity contribution in [1.82, 2.24) is 14.5 Å². The lowest BCUT2D eigenvalue weighted by molar-refractivity contribution is -0.0346. The molecule has 3 fully saturated rings. The van der Waals surface area contributed by atoms with Gasteiger partial charge in [0, 0.05) is 24.6 Å². The van der Waals surface area contributed by atoms with Crippen LogP contribution in [0.4, 0.5) is 0 Å². The molecule has 2 aliphatic carbocycles. The van der Waals surface area contributed by atoms with Crippen molar-refractivity contribution < 1.29 is 5.11 Å². The number of aliphatic hydroxyl groups is 1. The molecule has 2 saturated carbocycles. The highest BCUT2D eigenvalue weighted by Gasteiger charge is 2.35. The number of nitrogens with zero attached hydrogens (tertiary/aromatic N) is 3. The molecule has 1 aromatic rings. The van der Waals surface area contributed by atoms with Gasteiger partial charge in [-0.3, -0.25) is 14.3 Å². The van der Waals surface area contributed by atoms with Gasteiger partial charge in [0.25, 0.3) is 5.56 Å². The molecule has 5 heteroatoms. The maximum atomic E-state index is 12.2. The van der Waals surface area contributed by atoms with E-state index in [1.807, 2.05) is 0 Å². The second kappa shape index (κ2) is 5.78. The molecule has 1 N–H and O–H groups in total. The van der Waals surface area contributed by atoms with E-state index in [2.05, 4.69) is 9.88 Å². The predicted molar refractivity (Wildman–Crippen MR) is 83.8 cm³/mol. The Balaban J connectivity index is 1.33. The second-order valence-electron chi connectivity index (χ2n) is 7.27. The van der Waals surface area contributed by atoms with E-state index in [0.717, 1.165) is 51.0 Å². The fraction of sp³-hybridized carbons (Fsp3) is 0.765. The smallest absolute Gasteiger partial charge is 0.253 e. The SMILES string of the molecule is O=c1cc(C2CC2)ncn1CC1CCN(C2CCC2O)CC1. The van der Waals surface area contributed by atoms with Crippen LogP contribution in [0.5, 0.6) is 0 Å². The molecule has 0 amide bonds. The molecule has 0 radical (unpaired) electrons. The van der Waals surface area contributed by atoms with E-state index < -0.39 is 0 Å². The van der Waals surface area contributed by atoms with Crippen LogP contribution in [0.15, 0.2) is 17.2 Å². The van der Waals surface area contributed by atoms with E-state index >= 15 is 0 Å². The van der Waals surface area contributed by atoms with Crippen LogP contribution in [-0.2, 0) is 6.54 Å². The van der Waals surface area contributed by atoms with Crippen molar-refractivity contribution in [2.75, 3.05) is 13.1 Å². The predicted octanol–water partition coefficient (Wildman–Crippen LogP) is 1.36. The molecule has 1 aromatic heterocycles. The summed E-state index contributed by atoms with van der Waals surface area (Å²) in [6.07, 6.45) is 8.32. The van der Waals surface area contributed by atoms with Gasteiger partial charge in [0.2, 0.25) is 0 Å².